The second-order valence-corrected chi connectivity index (χ2v) is 9.49. The van der Waals surface area contributed by atoms with Crippen LogP contribution >= 0.6 is 22.9 Å². The molecule has 0 fully saturated rings. The second kappa shape index (κ2) is 10.7. The molecule has 1 aromatic heterocycles. The third-order valence-corrected chi connectivity index (χ3v) is 7.05. The van der Waals surface area contributed by atoms with E-state index >= 15 is 0 Å². The zero-order valence-electron chi connectivity index (χ0n) is 18.9. The number of nitrogens with zero attached hydrogens (tertiary/aromatic N) is 1. The van der Waals surface area contributed by atoms with Gasteiger partial charge in [0.15, 0.2) is 0 Å². The Labute approximate surface area is 214 Å². The number of hydrogen-bond acceptors (Lipinski definition) is 3. The molecule has 5 heteroatoms. The summed E-state index contributed by atoms with van der Waals surface area (Å²) in [5, 5.41) is 6.65. The fourth-order valence-corrected chi connectivity index (χ4v) is 5.27. The van der Waals surface area contributed by atoms with Gasteiger partial charge in [-0.1, -0.05) is 103 Å². The minimum atomic E-state index is -0.0325. The van der Waals surface area contributed by atoms with Gasteiger partial charge < -0.3 is 5.32 Å². The quantitative estimate of drug-likeness (QED) is 0.247. The maximum absolute atomic E-state index is 13.1. The van der Waals surface area contributed by atoms with Crippen LogP contribution in [0.25, 0.3) is 21.8 Å². The van der Waals surface area contributed by atoms with Gasteiger partial charge in [0.2, 0.25) is 5.91 Å². The molecule has 35 heavy (non-hydrogen) atoms. The van der Waals surface area contributed by atoms with Gasteiger partial charge in [0.25, 0.3) is 0 Å². The smallest absolute Gasteiger partial charge is 0.225 e. The summed E-state index contributed by atoms with van der Waals surface area (Å²) in [7, 11) is 0. The van der Waals surface area contributed by atoms with Crippen LogP contribution in [0.5, 0.6) is 0 Å². The highest BCUT2D eigenvalue weighted by Gasteiger charge is 2.18. The summed E-state index contributed by atoms with van der Waals surface area (Å²) < 4.78 is 0. The number of halogens is 1. The van der Waals surface area contributed by atoms with Crippen LogP contribution in [0.1, 0.15) is 23.5 Å². The molecule has 0 aliphatic heterocycles. The van der Waals surface area contributed by atoms with Crippen LogP contribution in [0.4, 0.5) is 5.69 Å². The summed E-state index contributed by atoms with van der Waals surface area (Å²) in [5.74, 6) is -0.0489. The number of thiazole rings is 1. The second-order valence-electron chi connectivity index (χ2n) is 8.22. The minimum Gasteiger partial charge on any atom is -0.326 e. The van der Waals surface area contributed by atoms with E-state index in [0.29, 0.717) is 11.4 Å². The fourth-order valence-electron chi connectivity index (χ4n) is 4.12. The molecule has 1 N–H and O–H groups in total. The van der Waals surface area contributed by atoms with Gasteiger partial charge >= 0.3 is 0 Å². The molecule has 5 rings (SSSR count). The molecule has 0 atom stereocenters. The molecule has 172 valence electrons. The third-order valence-electron chi connectivity index (χ3n) is 5.84. The van der Waals surface area contributed by atoms with Gasteiger partial charge in [-0.25, -0.2) is 4.98 Å². The van der Waals surface area contributed by atoms with Crippen molar-refractivity contribution in [3.05, 3.63) is 131 Å². The lowest BCUT2D eigenvalue weighted by Crippen LogP contribution is -2.16. The predicted octanol–water partition coefficient (Wildman–Crippen LogP) is 8.29. The van der Waals surface area contributed by atoms with Gasteiger partial charge in [-0.3, -0.25) is 4.79 Å². The van der Waals surface area contributed by atoms with Gasteiger partial charge in [-0.2, -0.15) is 0 Å². The van der Waals surface area contributed by atoms with E-state index < -0.39 is 0 Å². The van der Waals surface area contributed by atoms with E-state index in [0.717, 1.165) is 38.6 Å². The van der Waals surface area contributed by atoms with E-state index in [1.807, 2.05) is 90.3 Å². The lowest BCUT2D eigenvalue weighted by atomic mass is 9.88. The first-order valence-corrected chi connectivity index (χ1v) is 12.6. The Bertz CT molecular complexity index is 1390. The van der Waals surface area contributed by atoms with Gasteiger partial charge in [-0.05, 0) is 29.3 Å². The monoisotopic (exact) mass is 494 g/mol. The number of nitrogens with one attached hydrogen (secondary N) is 1. The lowest BCUT2D eigenvalue weighted by Gasteiger charge is -2.18. The number of rotatable bonds is 7. The van der Waals surface area contributed by atoms with E-state index in [1.54, 1.807) is 11.3 Å². The molecule has 1 heterocycles. The maximum atomic E-state index is 13.1. The molecule has 0 saturated heterocycles. The largest absolute Gasteiger partial charge is 0.326 e. The van der Waals surface area contributed by atoms with Crippen molar-refractivity contribution in [1.29, 1.82) is 0 Å². The van der Waals surface area contributed by atoms with Crippen molar-refractivity contribution >= 4 is 34.5 Å². The topological polar surface area (TPSA) is 42.0 Å². The Morgan fingerprint density at radius 2 is 1.49 bits per heavy atom. The average Bonchev–Trinajstić information content (AvgIpc) is 3.39. The number of aromatic nitrogens is 1. The number of hydrogen-bond donors (Lipinski definition) is 1. The lowest BCUT2D eigenvalue weighted by molar-refractivity contribution is -0.116. The summed E-state index contributed by atoms with van der Waals surface area (Å²) in [5.41, 5.74) is 5.71. The molecule has 0 spiro atoms. The molecule has 5 aromatic rings. The third kappa shape index (κ3) is 5.51. The Morgan fingerprint density at radius 3 is 2.17 bits per heavy atom. The Hall–Kier alpha value is -3.73. The molecule has 0 aliphatic rings. The normalized spacial score (nSPS) is 10.9. The van der Waals surface area contributed by atoms with E-state index in [-0.39, 0.29) is 11.8 Å². The summed E-state index contributed by atoms with van der Waals surface area (Å²) in [4.78, 5) is 17.9. The first kappa shape index (κ1) is 23.0. The molecule has 0 aliphatic carbocycles. The van der Waals surface area contributed by atoms with Crippen LogP contribution in [0, 0.1) is 0 Å². The standard InChI is InChI=1S/C30H23ClN2OS/c31-27-17-8-7-16-25(27)30-33-28(20-35-30)23-14-9-15-24(18-23)32-29(34)19-26(21-10-3-1-4-11-21)22-12-5-2-6-13-22/h1-18,20,26H,19H2,(H,32,34). The number of benzene rings is 4. The first-order valence-electron chi connectivity index (χ1n) is 11.4. The Morgan fingerprint density at radius 1 is 0.829 bits per heavy atom. The van der Waals surface area contributed by atoms with Gasteiger partial charge in [0.1, 0.15) is 5.01 Å². The van der Waals surface area contributed by atoms with Crippen molar-refractivity contribution in [2.24, 2.45) is 0 Å². The first-order chi connectivity index (χ1) is 17.2. The molecular weight excluding hydrogens is 472 g/mol. The number of carbonyl (C=O) groups excluding carboxylic acids is 1. The Kier molecular flexibility index (Phi) is 7.03. The maximum Gasteiger partial charge on any atom is 0.225 e. The van der Waals surface area contributed by atoms with Crippen molar-refractivity contribution < 1.29 is 4.79 Å². The van der Waals surface area contributed by atoms with Gasteiger partial charge in [-0.15, -0.1) is 11.3 Å². The SMILES string of the molecule is O=C(CC(c1ccccc1)c1ccccc1)Nc1cccc(-c2csc(-c3ccccc3Cl)n2)c1. The van der Waals surface area contributed by atoms with Crippen LogP contribution in [-0.4, -0.2) is 10.9 Å². The summed E-state index contributed by atoms with van der Waals surface area (Å²) >= 11 is 7.90. The van der Waals surface area contributed by atoms with E-state index in [4.69, 9.17) is 16.6 Å². The van der Waals surface area contributed by atoms with Gasteiger partial charge in [0, 0.05) is 34.5 Å². The summed E-state index contributed by atoms with van der Waals surface area (Å²) in [6.45, 7) is 0. The zero-order valence-corrected chi connectivity index (χ0v) is 20.5. The fraction of sp³-hybridized carbons (Fsp3) is 0.0667. The van der Waals surface area contributed by atoms with Crippen LogP contribution in [0.15, 0.2) is 115 Å². The highest BCUT2D eigenvalue weighted by Crippen LogP contribution is 2.34. The minimum absolute atomic E-state index is 0.0164. The number of amides is 1. The molecule has 1 amide bonds. The molecule has 4 aromatic carbocycles. The Balaban J connectivity index is 1.34. The molecule has 0 unspecified atom stereocenters. The molecule has 0 radical (unpaired) electrons. The van der Waals surface area contributed by atoms with Crippen LogP contribution < -0.4 is 5.32 Å². The highest BCUT2D eigenvalue weighted by atomic mass is 35.5. The van der Waals surface area contributed by atoms with Crippen LogP contribution in [0.2, 0.25) is 5.02 Å². The molecule has 0 saturated carbocycles. The average molecular weight is 495 g/mol. The van der Waals surface area contributed by atoms with E-state index in [1.165, 1.54) is 0 Å². The highest BCUT2D eigenvalue weighted by molar-refractivity contribution is 7.13. The van der Waals surface area contributed by atoms with E-state index in [9.17, 15) is 4.79 Å². The van der Waals surface area contributed by atoms with Crippen molar-refractivity contribution in [3.8, 4) is 21.8 Å². The van der Waals surface area contributed by atoms with Crippen molar-refractivity contribution in [2.75, 3.05) is 5.32 Å². The van der Waals surface area contributed by atoms with Crippen molar-refractivity contribution in [1.82, 2.24) is 4.98 Å². The zero-order chi connectivity index (χ0) is 24.0. The van der Waals surface area contributed by atoms with Crippen molar-refractivity contribution in [3.63, 3.8) is 0 Å². The predicted molar refractivity (Wildman–Crippen MR) is 146 cm³/mol. The number of anilines is 1. The summed E-state index contributed by atoms with van der Waals surface area (Å²) in [6, 6.07) is 35.8. The molecule has 3 nitrogen and oxygen atoms in total. The van der Waals surface area contributed by atoms with Crippen molar-refractivity contribution in [2.45, 2.75) is 12.3 Å². The van der Waals surface area contributed by atoms with Crippen LogP contribution in [0.3, 0.4) is 0 Å². The van der Waals surface area contributed by atoms with Crippen LogP contribution in [-0.2, 0) is 4.79 Å². The van der Waals surface area contributed by atoms with Gasteiger partial charge in [0.05, 0.1) is 10.7 Å². The molecular formula is C30H23ClN2OS. The van der Waals surface area contributed by atoms with E-state index in [2.05, 4.69) is 29.6 Å². The molecule has 0 bridgehead atoms. The number of carbonyl (C=O) groups is 1. The summed E-state index contributed by atoms with van der Waals surface area (Å²) in [6.07, 6.45) is 0.353.